The third-order valence-corrected chi connectivity index (χ3v) is 3.28. The van der Waals surface area contributed by atoms with E-state index in [1.54, 1.807) is 12.1 Å². The number of methoxy groups -OCH3 is 1. The van der Waals surface area contributed by atoms with E-state index in [0.29, 0.717) is 11.5 Å². The highest BCUT2D eigenvalue weighted by Gasteiger charge is 2.12. The number of rotatable bonds is 9. The van der Waals surface area contributed by atoms with Crippen LogP contribution in [0.25, 0.3) is 6.08 Å². The second-order valence-corrected chi connectivity index (χ2v) is 5.24. The molecule has 1 aromatic carbocycles. The molecule has 0 heterocycles. The molecule has 1 N–H and O–H groups in total. The number of benzene rings is 1. The monoisotopic (exact) mass is 335 g/mol. The summed E-state index contributed by atoms with van der Waals surface area (Å²) < 4.78 is 15.5. The Morgan fingerprint density at radius 3 is 2.62 bits per heavy atom. The van der Waals surface area contributed by atoms with Crippen molar-refractivity contribution in [2.75, 3.05) is 20.3 Å². The molecular weight excluding hydrogens is 310 g/mol. The molecule has 0 aliphatic carbocycles. The molecule has 0 saturated heterocycles. The zero-order valence-corrected chi connectivity index (χ0v) is 14.6. The molecule has 0 aliphatic rings. The summed E-state index contributed by atoms with van der Waals surface area (Å²) >= 11 is 0. The van der Waals surface area contributed by atoms with Crippen molar-refractivity contribution >= 4 is 18.0 Å². The summed E-state index contributed by atoms with van der Waals surface area (Å²) in [5.41, 5.74) is 0.964. The maximum atomic E-state index is 11.7. The molecule has 0 saturated carbocycles. The minimum absolute atomic E-state index is 0.0485. The van der Waals surface area contributed by atoms with Gasteiger partial charge in [0.15, 0.2) is 24.7 Å². The van der Waals surface area contributed by atoms with Gasteiger partial charge in [0.1, 0.15) is 0 Å². The van der Waals surface area contributed by atoms with Crippen LogP contribution in [0.15, 0.2) is 24.3 Å². The Morgan fingerprint density at radius 1 is 1.25 bits per heavy atom. The number of amides is 1. The van der Waals surface area contributed by atoms with Gasteiger partial charge in [-0.25, -0.2) is 4.79 Å². The van der Waals surface area contributed by atoms with E-state index in [2.05, 4.69) is 5.32 Å². The normalized spacial score (nSPS) is 11.8. The van der Waals surface area contributed by atoms with E-state index in [9.17, 15) is 9.59 Å². The minimum Gasteiger partial charge on any atom is -0.493 e. The highest BCUT2D eigenvalue weighted by molar-refractivity contribution is 5.81. The molecule has 0 radical (unpaired) electrons. The van der Waals surface area contributed by atoms with Crippen molar-refractivity contribution in [3.8, 4) is 11.5 Å². The van der Waals surface area contributed by atoms with Crippen LogP contribution in [0.3, 0.4) is 0 Å². The number of esters is 1. The Hall–Kier alpha value is -2.50. The average Bonchev–Trinajstić information content (AvgIpc) is 2.58. The van der Waals surface area contributed by atoms with Crippen LogP contribution in [-0.4, -0.2) is 38.2 Å². The molecule has 0 spiro atoms. The third kappa shape index (κ3) is 6.73. The van der Waals surface area contributed by atoms with Crippen LogP contribution >= 0.6 is 0 Å². The van der Waals surface area contributed by atoms with Crippen molar-refractivity contribution < 1.29 is 23.8 Å². The molecular formula is C18H25NO5. The number of carbonyl (C=O) groups excluding carboxylic acids is 2. The maximum Gasteiger partial charge on any atom is 0.344 e. The molecule has 1 aromatic rings. The van der Waals surface area contributed by atoms with Crippen molar-refractivity contribution in [3.63, 3.8) is 0 Å². The highest BCUT2D eigenvalue weighted by Crippen LogP contribution is 2.28. The van der Waals surface area contributed by atoms with E-state index < -0.39 is 5.97 Å². The first-order chi connectivity index (χ1) is 11.5. The van der Waals surface area contributed by atoms with Gasteiger partial charge in [0, 0.05) is 6.04 Å². The van der Waals surface area contributed by atoms with Crippen LogP contribution in [-0.2, 0) is 14.3 Å². The Bertz CT molecular complexity index is 583. The van der Waals surface area contributed by atoms with Gasteiger partial charge in [-0.3, -0.25) is 4.79 Å². The molecule has 1 rings (SSSR count). The van der Waals surface area contributed by atoms with Crippen LogP contribution in [0, 0.1) is 0 Å². The molecule has 1 amide bonds. The van der Waals surface area contributed by atoms with Crippen molar-refractivity contribution in [1.29, 1.82) is 0 Å². The van der Waals surface area contributed by atoms with Gasteiger partial charge in [-0.05, 0) is 38.0 Å². The molecule has 24 heavy (non-hydrogen) atoms. The fourth-order valence-electron chi connectivity index (χ4n) is 1.84. The fraction of sp³-hybridized carbons (Fsp3) is 0.444. The van der Waals surface area contributed by atoms with E-state index in [-0.39, 0.29) is 25.2 Å². The summed E-state index contributed by atoms with van der Waals surface area (Å²) in [5.74, 6) is 0.0135. The number of hydrogen-bond donors (Lipinski definition) is 1. The summed E-state index contributed by atoms with van der Waals surface area (Å²) in [6.45, 7) is 5.15. The van der Waals surface area contributed by atoms with Gasteiger partial charge in [0.2, 0.25) is 0 Å². The number of ether oxygens (including phenoxy) is 3. The lowest BCUT2D eigenvalue weighted by Crippen LogP contribution is -2.35. The number of allylic oxidation sites excluding steroid dienone is 1. The van der Waals surface area contributed by atoms with E-state index >= 15 is 0 Å². The van der Waals surface area contributed by atoms with E-state index in [0.717, 1.165) is 12.0 Å². The Morgan fingerprint density at radius 2 is 2.00 bits per heavy atom. The predicted molar refractivity (Wildman–Crippen MR) is 92.1 cm³/mol. The van der Waals surface area contributed by atoms with E-state index in [4.69, 9.17) is 14.2 Å². The summed E-state index contributed by atoms with van der Waals surface area (Å²) in [7, 11) is 1.53. The Labute approximate surface area is 142 Å². The standard InChI is InChI=1S/C18H25NO5/c1-5-7-14-8-9-15(16(10-14)22-4)23-12-18(21)24-11-17(20)19-13(3)6-2/h5,7-10,13H,6,11-12H2,1-4H3,(H,19,20)/b7-5+/t13-/m1/s1. The maximum absolute atomic E-state index is 11.7. The van der Waals surface area contributed by atoms with Crippen LogP contribution in [0.1, 0.15) is 32.8 Å². The lowest BCUT2D eigenvalue weighted by Gasteiger charge is -2.12. The van der Waals surface area contributed by atoms with Gasteiger partial charge in [-0.2, -0.15) is 0 Å². The molecule has 6 nitrogen and oxygen atoms in total. The van der Waals surface area contributed by atoms with Crippen LogP contribution in [0.5, 0.6) is 11.5 Å². The fourth-order valence-corrected chi connectivity index (χ4v) is 1.84. The van der Waals surface area contributed by atoms with Gasteiger partial charge in [0.05, 0.1) is 7.11 Å². The minimum atomic E-state index is -0.617. The molecule has 0 aliphatic heterocycles. The zero-order valence-electron chi connectivity index (χ0n) is 14.6. The molecule has 132 valence electrons. The van der Waals surface area contributed by atoms with Gasteiger partial charge < -0.3 is 19.5 Å². The molecule has 0 fully saturated rings. The molecule has 0 bridgehead atoms. The SMILES string of the molecule is C/C=C/c1ccc(OCC(=O)OCC(=O)N[C@H](C)CC)c(OC)c1. The topological polar surface area (TPSA) is 73.9 Å². The second-order valence-electron chi connectivity index (χ2n) is 5.24. The molecule has 0 unspecified atom stereocenters. The first-order valence-corrected chi connectivity index (χ1v) is 7.88. The van der Waals surface area contributed by atoms with Gasteiger partial charge in [-0.15, -0.1) is 0 Å². The van der Waals surface area contributed by atoms with Gasteiger partial charge >= 0.3 is 5.97 Å². The summed E-state index contributed by atoms with van der Waals surface area (Å²) in [6.07, 6.45) is 4.65. The van der Waals surface area contributed by atoms with Crippen LogP contribution in [0.2, 0.25) is 0 Å². The largest absolute Gasteiger partial charge is 0.493 e. The summed E-state index contributed by atoms with van der Waals surface area (Å²) in [6, 6.07) is 5.42. The average molecular weight is 335 g/mol. The van der Waals surface area contributed by atoms with Crippen molar-refractivity contribution in [1.82, 2.24) is 5.32 Å². The zero-order chi connectivity index (χ0) is 17.9. The Balaban J connectivity index is 2.48. The number of hydrogen-bond acceptors (Lipinski definition) is 5. The lowest BCUT2D eigenvalue weighted by atomic mass is 10.2. The predicted octanol–water partition coefficient (Wildman–Crippen LogP) is 2.57. The highest BCUT2D eigenvalue weighted by atomic mass is 16.6. The van der Waals surface area contributed by atoms with Crippen LogP contribution < -0.4 is 14.8 Å². The Kier molecular flexibility index (Phi) is 8.39. The van der Waals surface area contributed by atoms with Crippen molar-refractivity contribution in [2.24, 2.45) is 0 Å². The lowest BCUT2D eigenvalue weighted by molar-refractivity contribution is -0.150. The van der Waals surface area contributed by atoms with Crippen LogP contribution in [0.4, 0.5) is 0 Å². The number of carbonyl (C=O) groups is 2. The first kappa shape index (κ1) is 19.5. The van der Waals surface area contributed by atoms with Crippen molar-refractivity contribution in [3.05, 3.63) is 29.8 Å². The molecule has 0 aromatic heterocycles. The second kappa shape index (κ2) is 10.3. The summed E-state index contributed by atoms with van der Waals surface area (Å²) in [5, 5.41) is 2.71. The summed E-state index contributed by atoms with van der Waals surface area (Å²) in [4.78, 5) is 23.2. The molecule has 1 atom stereocenters. The van der Waals surface area contributed by atoms with Gasteiger partial charge in [-0.1, -0.05) is 25.1 Å². The number of nitrogens with one attached hydrogen (secondary N) is 1. The van der Waals surface area contributed by atoms with E-state index in [1.165, 1.54) is 7.11 Å². The third-order valence-electron chi connectivity index (χ3n) is 3.28. The molecule has 6 heteroatoms. The van der Waals surface area contributed by atoms with Gasteiger partial charge in [0.25, 0.3) is 5.91 Å². The first-order valence-electron chi connectivity index (χ1n) is 7.88. The van der Waals surface area contributed by atoms with Crippen molar-refractivity contribution in [2.45, 2.75) is 33.2 Å². The smallest absolute Gasteiger partial charge is 0.344 e. The quantitative estimate of drug-likeness (QED) is 0.702. The van der Waals surface area contributed by atoms with E-state index in [1.807, 2.05) is 39.0 Å².